The molecule has 0 aliphatic carbocycles. The molecular weight excluding hydrogens is 448 g/mol. The lowest BCUT2D eigenvalue weighted by Gasteiger charge is -2.25. The van der Waals surface area contributed by atoms with Crippen molar-refractivity contribution in [2.75, 3.05) is 4.31 Å². The van der Waals surface area contributed by atoms with Gasteiger partial charge in [0.15, 0.2) is 5.82 Å². The zero-order valence-electron chi connectivity index (χ0n) is 14.6. The van der Waals surface area contributed by atoms with Gasteiger partial charge in [-0.2, -0.15) is 13.2 Å². The third kappa shape index (κ3) is 4.83. The number of hydrogen-bond acceptors (Lipinski definition) is 3. The lowest BCUT2D eigenvalue weighted by Crippen LogP contribution is -2.31. The van der Waals surface area contributed by atoms with Crippen molar-refractivity contribution in [3.63, 3.8) is 0 Å². The number of alkyl halides is 3. The summed E-state index contributed by atoms with van der Waals surface area (Å²) in [6, 6.07) is 14.5. The van der Waals surface area contributed by atoms with Crippen molar-refractivity contribution in [3.8, 4) is 0 Å². The fourth-order valence-electron chi connectivity index (χ4n) is 2.56. The Morgan fingerprint density at radius 2 is 1.66 bits per heavy atom. The minimum Gasteiger partial charge on any atom is -0.244 e. The fourth-order valence-corrected chi connectivity index (χ4v) is 4.54. The third-order valence-electron chi connectivity index (χ3n) is 3.93. The normalized spacial score (nSPS) is 12.0. The van der Waals surface area contributed by atoms with E-state index < -0.39 is 26.8 Å². The Morgan fingerprint density at radius 1 is 0.966 bits per heavy atom. The van der Waals surface area contributed by atoms with Crippen LogP contribution < -0.4 is 4.31 Å². The highest BCUT2D eigenvalue weighted by molar-refractivity contribution is 7.92. The molecule has 0 saturated carbocycles. The first-order valence-corrected chi connectivity index (χ1v) is 10.3. The zero-order valence-corrected chi connectivity index (χ0v) is 16.9. The molecule has 0 amide bonds. The van der Waals surface area contributed by atoms with Gasteiger partial charge in [0.1, 0.15) is 0 Å². The van der Waals surface area contributed by atoms with Crippen LogP contribution in [0.25, 0.3) is 0 Å². The second-order valence-electron chi connectivity index (χ2n) is 5.98. The van der Waals surface area contributed by atoms with E-state index in [4.69, 9.17) is 23.2 Å². The zero-order chi connectivity index (χ0) is 21.2. The molecule has 0 aliphatic rings. The standard InChI is InChI=1S/C19H13Cl2F3N2O2S/c20-15-6-4-5-13(9-15)12-26(29(27,28)16-7-2-1-3-8-16)18-17(21)10-14(11-25-18)19(22,23)24/h1-11H,12H2. The van der Waals surface area contributed by atoms with Gasteiger partial charge in [-0.1, -0.05) is 53.5 Å². The number of hydrogen-bond donors (Lipinski definition) is 0. The Kier molecular flexibility index (Phi) is 6.07. The maximum absolute atomic E-state index is 13.2. The Hall–Kier alpha value is -2.29. The summed E-state index contributed by atoms with van der Waals surface area (Å²) in [5.74, 6) is -0.316. The molecule has 3 rings (SSSR count). The average Bonchev–Trinajstić information content (AvgIpc) is 2.66. The van der Waals surface area contributed by atoms with Crippen molar-refractivity contribution in [3.05, 3.63) is 88.0 Å². The van der Waals surface area contributed by atoms with Gasteiger partial charge in [0.25, 0.3) is 10.0 Å². The third-order valence-corrected chi connectivity index (χ3v) is 6.20. The maximum Gasteiger partial charge on any atom is 0.417 e. The van der Waals surface area contributed by atoms with Crippen molar-refractivity contribution < 1.29 is 21.6 Å². The summed E-state index contributed by atoms with van der Waals surface area (Å²) in [4.78, 5) is 3.66. The van der Waals surface area contributed by atoms with Gasteiger partial charge < -0.3 is 0 Å². The largest absolute Gasteiger partial charge is 0.417 e. The molecule has 1 heterocycles. The molecular formula is C19H13Cl2F3N2O2S. The molecule has 1 aromatic heterocycles. The Bertz CT molecular complexity index is 1120. The van der Waals surface area contributed by atoms with E-state index in [-0.39, 0.29) is 17.3 Å². The van der Waals surface area contributed by atoms with Gasteiger partial charge in [-0.15, -0.1) is 0 Å². The number of anilines is 1. The summed E-state index contributed by atoms with van der Waals surface area (Å²) >= 11 is 12.0. The molecule has 10 heteroatoms. The van der Waals surface area contributed by atoms with Gasteiger partial charge in [-0.3, -0.25) is 0 Å². The van der Waals surface area contributed by atoms with Gasteiger partial charge in [-0.05, 0) is 35.9 Å². The molecule has 0 saturated heterocycles. The first-order chi connectivity index (χ1) is 13.6. The van der Waals surface area contributed by atoms with Crippen LogP contribution in [0.1, 0.15) is 11.1 Å². The fraction of sp³-hybridized carbons (Fsp3) is 0.105. The lowest BCUT2D eigenvalue weighted by molar-refractivity contribution is -0.137. The lowest BCUT2D eigenvalue weighted by atomic mass is 10.2. The summed E-state index contributed by atoms with van der Waals surface area (Å²) in [5, 5.41) is -0.0626. The molecule has 4 nitrogen and oxygen atoms in total. The topological polar surface area (TPSA) is 50.3 Å². The van der Waals surface area contributed by atoms with Gasteiger partial charge >= 0.3 is 6.18 Å². The second kappa shape index (κ2) is 8.22. The smallest absolute Gasteiger partial charge is 0.244 e. The summed E-state index contributed by atoms with van der Waals surface area (Å²) < 4.78 is 66.2. The number of nitrogens with zero attached hydrogens (tertiary/aromatic N) is 2. The number of aromatic nitrogens is 1. The molecule has 2 aromatic carbocycles. The Balaban J connectivity index is 2.13. The van der Waals surface area contributed by atoms with Crippen LogP contribution >= 0.6 is 23.2 Å². The molecule has 0 spiro atoms. The Morgan fingerprint density at radius 3 is 2.24 bits per heavy atom. The van der Waals surface area contributed by atoms with Crippen molar-refractivity contribution in [1.29, 1.82) is 0 Å². The highest BCUT2D eigenvalue weighted by Gasteiger charge is 2.34. The second-order valence-corrected chi connectivity index (χ2v) is 8.69. The van der Waals surface area contributed by atoms with Crippen molar-refractivity contribution in [2.45, 2.75) is 17.6 Å². The highest BCUT2D eigenvalue weighted by Crippen LogP contribution is 2.36. The highest BCUT2D eigenvalue weighted by atomic mass is 35.5. The van der Waals surface area contributed by atoms with Crippen LogP contribution in [0.3, 0.4) is 0 Å². The molecule has 0 unspecified atom stereocenters. The van der Waals surface area contributed by atoms with Crippen molar-refractivity contribution in [2.24, 2.45) is 0 Å². The van der Waals surface area contributed by atoms with Crippen LogP contribution in [0, 0.1) is 0 Å². The predicted octanol–water partition coefficient (Wildman–Crippen LogP) is 5.80. The quantitative estimate of drug-likeness (QED) is 0.483. The van der Waals surface area contributed by atoms with E-state index in [9.17, 15) is 21.6 Å². The van der Waals surface area contributed by atoms with Gasteiger partial charge in [0, 0.05) is 11.2 Å². The first-order valence-electron chi connectivity index (χ1n) is 8.14. The molecule has 0 fully saturated rings. The van der Waals surface area contributed by atoms with Crippen LogP contribution in [-0.4, -0.2) is 13.4 Å². The summed E-state index contributed by atoms with van der Waals surface area (Å²) in [7, 11) is -4.17. The van der Waals surface area contributed by atoms with E-state index in [0.717, 1.165) is 4.31 Å². The van der Waals surface area contributed by atoms with Gasteiger partial charge in [0.05, 0.1) is 22.0 Å². The van der Waals surface area contributed by atoms with E-state index >= 15 is 0 Å². The van der Waals surface area contributed by atoms with E-state index in [1.165, 1.54) is 24.3 Å². The van der Waals surface area contributed by atoms with Gasteiger partial charge in [0.2, 0.25) is 0 Å². The molecule has 0 radical (unpaired) electrons. The summed E-state index contributed by atoms with van der Waals surface area (Å²) in [5.41, 5.74) is -0.569. The van der Waals surface area contributed by atoms with Crippen LogP contribution in [0.4, 0.5) is 19.0 Å². The number of rotatable bonds is 5. The predicted molar refractivity (Wildman–Crippen MR) is 106 cm³/mol. The van der Waals surface area contributed by atoms with E-state index in [2.05, 4.69) is 4.98 Å². The molecule has 0 bridgehead atoms. The minimum atomic E-state index is -4.66. The summed E-state index contributed by atoms with van der Waals surface area (Å²) in [6.07, 6.45) is -4.11. The van der Waals surface area contributed by atoms with Crippen LogP contribution in [-0.2, 0) is 22.7 Å². The van der Waals surface area contributed by atoms with Crippen LogP contribution in [0.2, 0.25) is 10.0 Å². The molecule has 0 aliphatic heterocycles. The SMILES string of the molecule is O=S(=O)(c1ccccc1)N(Cc1cccc(Cl)c1)c1ncc(C(F)(F)F)cc1Cl. The maximum atomic E-state index is 13.2. The molecule has 29 heavy (non-hydrogen) atoms. The first kappa shape index (κ1) is 21.4. The van der Waals surface area contributed by atoms with E-state index in [1.54, 1.807) is 30.3 Å². The average molecular weight is 461 g/mol. The van der Waals surface area contributed by atoms with Crippen molar-refractivity contribution >= 4 is 39.0 Å². The Labute approximate surface area is 175 Å². The number of pyridine rings is 1. The number of benzene rings is 2. The molecule has 0 N–H and O–H groups in total. The molecule has 152 valence electrons. The summed E-state index contributed by atoms with van der Waals surface area (Å²) in [6.45, 7) is -0.226. The monoisotopic (exact) mass is 460 g/mol. The minimum absolute atomic E-state index is 0.0557. The molecule has 0 atom stereocenters. The van der Waals surface area contributed by atoms with E-state index in [1.807, 2.05) is 0 Å². The van der Waals surface area contributed by atoms with E-state index in [0.29, 0.717) is 22.8 Å². The number of halogens is 5. The molecule has 3 aromatic rings. The van der Waals surface area contributed by atoms with Gasteiger partial charge in [-0.25, -0.2) is 17.7 Å². The van der Waals surface area contributed by atoms with Crippen LogP contribution in [0.15, 0.2) is 71.8 Å². The van der Waals surface area contributed by atoms with Crippen molar-refractivity contribution in [1.82, 2.24) is 4.98 Å². The van der Waals surface area contributed by atoms with Crippen LogP contribution in [0.5, 0.6) is 0 Å². The number of sulfonamides is 1.